The lowest BCUT2D eigenvalue weighted by Gasteiger charge is -2.14. The molecule has 0 spiro atoms. The molecule has 1 fully saturated rings. The van der Waals surface area contributed by atoms with E-state index in [4.69, 9.17) is 4.74 Å². The molecule has 21 heavy (non-hydrogen) atoms. The van der Waals surface area contributed by atoms with E-state index in [0.29, 0.717) is 30.5 Å². The quantitative estimate of drug-likeness (QED) is 0.596. The molecule has 0 amide bonds. The van der Waals surface area contributed by atoms with E-state index >= 15 is 0 Å². The van der Waals surface area contributed by atoms with Gasteiger partial charge in [0, 0.05) is 6.54 Å². The first kappa shape index (κ1) is 15.6. The molecule has 0 saturated heterocycles. The summed E-state index contributed by atoms with van der Waals surface area (Å²) in [7, 11) is 0. The normalized spacial score (nSPS) is 21.2. The lowest BCUT2D eigenvalue weighted by Crippen LogP contribution is -2.14. The smallest absolute Gasteiger partial charge is 0.333 e. The predicted molar refractivity (Wildman–Crippen MR) is 80.7 cm³/mol. The van der Waals surface area contributed by atoms with Gasteiger partial charge < -0.3 is 15.2 Å². The Bertz CT molecular complexity index is 493. The van der Waals surface area contributed by atoms with Crippen molar-refractivity contribution in [3.63, 3.8) is 0 Å². The highest BCUT2D eigenvalue weighted by molar-refractivity contribution is 5.68. The lowest BCUT2D eigenvalue weighted by molar-refractivity contribution is -0.385. The highest BCUT2D eigenvalue weighted by atomic mass is 16.6. The van der Waals surface area contributed by atoms with Gasteiger partial charge in [-0.05, 0) is 43.7 Å². The summed E-state index contributed by atoms with van der Waals surface area (Å²) in [5, 5.41) is 24.0. The maximum absolute atomic E-state index is 11.3. The molecule has 6 nitrogen and oxygen atoms in total. The minimum atomic E-state index is -0.406. The predicted octanol–water partition coefficient (Wildman–Crippen LogP) is 2.96. The molecule has 0 radical (unpaired) electrons. The van der Waals surface area contributed by atoms with Crippen molar-refractivity contribution in [2.75, 3.05) is 18.5 Å². The Morgan fingerprint density at radius 2 is 2.29 bits per heavy atom. The van der Waals surface area contributed by atoms with Crippen molar-refractivity contribution in [3.8, 4) is 5.75 Å². The fourth-order valence-corrected chi connectivity index (χ4v) is 2.67. The van der Waals surface area contributed by atoms with Gasteiger partial charge in [-0.2, -0.15) is 0 Å². The van der Waals surface area contributed by atoms with Crippen molar-refractivity contribution < 1.29 is 14.8 Å². The summed E-state index contributed by atoms with van der Waals surface area (Å²) in [5.41, 5.74) is 0.472. The number of hydrogen-bond acceptors (Lipinski definition) is 5. The summed E-state index contributed by atoms with van der Waals surface area (Å²) in [4.78, 5) is 10.9. The number of nitrogens with one attached hydrogen (secondary N) is 1. The number of benzene rings is 1. The van der Waals surface area contributed by atoms with E-state index < -0.39 is 4.92 Å². The topological polar surface area (TPSA) is 84.6 Å². The second-order valence-corrected chi connectivity index (χ2v) is 5.47. The van der Waals surface area contributed by atoms with Crippen LogP contribution in [0.5, 0.6) is 5.75 Å². The molecule has 0 aliphatic heterocycles. The molecular weight excluding hydrogens is 272 g/mol. The summed E-state index contributed by atoms with van der Waals surface area (Å²) in [6, 6.07) is 5.07. The van der Waals surface area contributed by atoms with Crippen LogP contribution in [-0.2, 0) is 0 Å². The van der Waals surface area contributed by atoms with Gasteiger partial charge in [-0.1, -0.05) is 13.0 Å². The van der Waals surface area contributed by atoms with Crippen molar-refractivity contribution in [1.29, 1.82) is 0 Å². The Balaban J connectivity index is 2.08. The van der Waals surface area contributed by atoms with Gasteiger partial charge in [0.2, 0.25) is 0 Å². The van der Waals surface area contributed by atoms with Crippen molar-refractivity contribution in [2.24, 2.45) is 5.92 Å². The maximum atomic E-state index is 11.3. The van der Waals surface area contributed by atoms with Crippen molar-refractivity contribution in [2.45, 2.75) is 38.7 Å². The summed E-state index contributed by atoms with van der Waals surface area (Å²) in [6.07, 6.45) is 3.09. The number of para-hydroxylation sites is 1. The van der Waals surface area contributed by atoms with Gasteiger partial charge in [0.25, 0.3) is 0 Å². The number of aliphatic hydroxyl groups is 1. The molecule has 116 valence electrons. The summed E-state index contributed by atoms with van der Waals surface area (Å²) < 4.78 is 5.46. The Morgan fingerprint density at radius 1 is 1.48 bits per heavy atom. The Labute approximate surface area is 124 Å². The standard InChI is InChI=1S/C15H22N2O4/c1-2-8-21-14-5-3-4-13(15(14)17(19)20)16-10-11-6-7-12(18)9-11/h3-5,11-12,16,18H,2,6-10H2,1H3. The fourth-order valence-electron chi connectivity index (χ4n) is 2.67. The van der Waals surface area contributed by atoms with Crippen molar-refractivity contribution in [1.82, 2.24) is 0 Å². The molecule has 0 heterocycles. The summed E-state index contributed by atoms with van der Waals surface area (Å²) in [5.74, 6) is 0.665. The van der Waals surface area contributed by atoms with E-state index in [2.05, 4.69) is 5.32 Å². The highest BCUT2D eigenvalue weighted by Crippen LogP contribution is 2.35. The first-order chi connectivity index (χ1) is 10.1. The Kier molecular flexibility index (Phi) is 5.38. The van der Waals surface area contributed by atoms with Crippen LogP contribution in [-0.4, -0.2) is 29.3 Å². The molecule has 1 aliphatic rings. The molecule has 0 aromatic heterocycles. The Hall–Kier alpha value is -1.82. The van der Waals surface area contributed by atoms with E-state index in [-0.39, 0.29) is 11.8 Å². The van der Waals surface area contributed by atoms with Crippen molar-refractivity contribution >= 4 is 11.4 Å². The zero-order chi connectivity index (χ0) is 15.2. The van der Waals surface area contributed by atoms with Gasteiger partial charge in [-0.25, -0.2) is 0 Å². The molecule has 1 aromatic carbocycles. The van der Waals surface area contributed by atoms with Gasteiger partial charge >= 0.3 is 5.69 Å². The number of ether oxygens (including phenoxy) is 1. The van der Waals surface area contributed by atoms with Gasteiger partial charge in [0.15, 0.2) is 5.75 Å². The third kappa shape index (κ3) is 4.07. The third-order valence-electron chi connectivity index (χ3n) is 3.74. The molecule has 2 N–H and O–H groups in total. The van der Waals surface area contributed by atoms with Gasteiger partial charge in [0.05, 0.1) is 17.6 Å². The van der Waals surface area contributed by atoms with E-state index in [9.17, 15) is 15.2 Å². The van der Waals surface area contributed by atoms with Crippen LogP contribution in [0.2, 0.25) is 0 Å². The molecule has 0 bridgehead atoms. The molecule has 2 atom stereocenters. The summed E-state index contributed by atoms with van der Waals surface area (Å²) >= 11 is 0. The number of rotatable bonds is 7. The van der Waals surface area contributed by atoms with Crippen LogP contribution in [0, 0.1) is 16.0 Å². The highest BCUT2D eigenvalue weighted by Gasteiger charge is 2.25. The molecule has 1 saturated carbocycles. The Morgan fingerprint density at radius 3 is 2.90 bits per heavy atom. The number of hydrogen-bond donors (Lipinski definition) is 2. The average molecular weight is 294 g/mol. The van der Waals surface area contributed by atoms with Crippen LogP contribution >= 0.6 is 0 Å². The monoisotopic (exact) mass is 294 g/mol. The second-order valence-electron chi connectivity index (χ2n) is 5.47. The van der Waals surface area contributed by atoms with Gasteiger partial charge in [-0.3, -0.25) is 10.1 Å². The number of nitro groups is 1. The largest absolute Gasteiger partial charge is 0.487 e. The average Bonchev–Trinajstić information content (AvgIpc) is 2.88. The zero-order valence-corrected chi connectivity index (χ0v) is 12.2. The fraction of sp³-hybridized carbons (Fsp3) is 0.600. The van der Waals surface area contributed by atoms with Crippen LogP contribution < -0.4 is 10.1 Å². The molecule has 1 aromatic rings. The van der Waals surface area contributed by atoms with Crippen molar-refractivity contribution in [3.05, 3.63) is 28.3 Å². The first-order valence-electron chi connectivity index (χ1n) is 7.44. The zero-order valence-electron chi connectivity index (χ0n) is 12.2. The van der Waals surface area contributed by atoms with Crippen LogP contribution in [0.15, 0.2) is 18.2 Å². The molecule has 1 aliphatic carbocycles. The van der Waals surface area contributed by atoms with Crippen LogP contribution in [0.4, 0.5) is 11.4 Å². The first-order valence-corrected chi connectivity index (χ1v) is 7.44. The summed E-state index contributed by atoms with van der Waals surface area (Å²) in [6.45, 7) is 3.05. The molecule has 2 unspecified atom stereocenters. The molecular formula is C15H22N2O4. The van der Waals surface area contributed by atoms with Gasteiger partial charge in [-0.15, -0.1) is 0 Å². The number of anilines is 1. The number of nitrogens with zero attached hydrogens (tertiary/aromatic N) is 1. The molecule has 6 heteroatoms. The lowest BCUT2D eigenvalue weighted by atomic mass is 10.1. The minimum absolute atomic E-state index is 0.00973. The van der Waals surface area contributed by atoms with E-state index in [1.54, 1.807) is 18.2 Å². The number of nitro benzene ring substituents is 1. The van der Waals surface area contributed by atoms with E-state index in [1.165, 1.54) is 0 Å². The SMILES string of the molecule is CCCOc1cccc(NCC2CCC(O)C2)c1[N+](=O)[O-]. The maximum Gasteiger partial charge on any atom is 0.333 e. The van der Waals surface area contributed by atoms with E-state index in [1.807, 2.05) is 6.92 Å². The van der Waals surface area contributed by atoms with Crippen LogP contribution in [0.3, 0.4) is 0 Å². The third-order valence-corrected chi connectivity index (χ3v) is 3.74. The van der Waals surface area contributed by atoms with Gasteiger partial charge in [0.1, 0.15) is 5.69 Å². The number of aliphatic hydroxyl groups excluding tert-OH is 1. The van der Waals surface area contributed by atoms with Crippen LogP contribution in [0.1, 0.15) is 32.6 Å². The second kappa shape index (κ2) is 7.26. The van der Waals surface area contributed by atoms with Crippen LogP contribution in [0.25, 0.3) is 0 Å². The van der Waals surface area contributed by atoms with E-state index in [0.717, 1.165) is 25.7 Å². The minimum Gasteiger partial charge on any atom is -0.487 e. The molecule has 2 rings (SSSR count).